The molecule has 0 unspecified atom stereocenters. The molecule has 0 bridgehead atoms. The fraction of sp³-hybridized carbons (Fsp3) is 0.231. The van der Waals surface area contributed by atoms with Gasteiger partial charge < -0.3 is 14.0 Å². The Labute approximate surface area is 125 Å². The first-order valence-corrected chi connectivity index (χ1v) is 7.04. The molecule has 0 fully saturated rings. The van der Waals surface area contributed by atoms with Crippen molar-refractivity contribution in [3.63, 3.8) is 0 Å². The maximum Gasteiger partial charge on any atom is 0.240 e. The van der Waals surface area contributed by atoms with Crippen molar-refractivity contribution >= 4 is 11.3 Å². The molecule has 0 N–H and O–H groups in total. The Morgan fingerprint density at radius 2 is 2.05 bits per heavy atom. The zero-order valence-corrected chi connectivity index (χ0v) is 12.4. The van der Waals surface area contributed by atoms with Crippen molar-refractivity contribution in [2.45, 2.75) is 6.54 Å². The first kappa shape index (κ1) is 13.5. The number of thiazole rings is 1. The van der Waals surface area contributed by atoms with E-state index in [1.54, 1.807) is 32.8 Å². The highest BCUT2D eigenvalue weighted by Gasteiger charge is 2.13. The molecular formula is C13H13N5O2S. The largest absolute Gasteiger partial charge is 0.480 e. The smallest absolute Gasteiger partial charge is 0.240 e. The number of methoxy groups -OCH3 is 2. The number of hydrogen-bond donors (Lipinski definition) is 0. The molecule has 0 amide bonds. The zero-order chi connectivity index (χ0) is 14.7. The maximum absolute atomic E-state index is 5.27. The molecule has 0 aliphatic carbocycles. The number of nitrogens with zero attached hydrogens (tertiary/aromatic N) is 5. The Balaban J connectivity index is 1.93. The molecular weight excluding hydrogens is 290 g/mol. The lowest BCUT2D eigenvalue weighted by Crippen LogP contribution is -2.07. The summed E-state index contributed by atoms with van der Waals surface area (Å²) < 4.78 is 12.3. The molecule has 0 radical (unpaired) electrons. The predicted molar refractivity (Wildman–Crippen MR) is 77.6 cm³/mol. The number of rotatable bonds is 5. The summed E-state index contributed by atoms with van der Waals surface area (Å²) in [7, 11) is 3.10. The van der Waals surface area contributed by atoms with Crippen molar-refractivity contribution in [3.8, 4) is 22.6 Å². The van der Waals surface area contributed by atoms with Gasteiger partial charge in [0.25, 0.3) is 0 Å². The average molecular weight is 303 g/mol. The van der Waals surface area contributed by atoms with E-state index in [1.807, 2.05) is 16.1 Å². The van der Waals surface area contributed by atoms with Gasteiger partial charge in [0, 0.05) is 24.0 Å². The van der Waals surface area contributed by atoms with E-state index in [-0.39, 0.29) is 0 Å². The lowest BCUT2D eigenvalue weighted by molar-refractivity contribution is 0.355. The van der Waals surface area contributed by atoms with Crippen LogP contribution in [0.3, 0.4) is 0 Å². The molecule has 3 heterocycles. The standard InChI is InChI=1S/C13H13N5O2S/c1-19-10-7-16-9(12(17-10)20-2)8-18-5-3-14-11(18)13-15-4-6-21-13/h3-7H,8H2,1-2H3. The van der Waals surface area contributed by atoms with Crippen LogP contribution in [-0.4, -0.2) is 38.7 Å². The zero-order valence-electron chi connectivity index (χ0n) is 11.6. The van der Waals surface area contributed by atoms with Gasteiger partial charge in [-0.15, -0.1) is 11.3 Å². The van der Waals surface area contributed by atoms with Crippen molar-refractivity contribution in [1.82, 2.24) is 24.5 Å². The Kier molecular flexibility index (Phi) is 3.78. The van der Waals surface area contributed by atoms with Gasteiger partial charge in [0.05, 0.1) is 27.0 Å². The van der Waals surface area contributed by atoms with Crippen LogP contribution >= 0.6 is 11.3 Å². The summed E-state index contributed by atoms with van der Waals surface area (Å²) in [5.41, 5.74) is 0.703. The summed E-state index contributed by atoms with van der Waals surface area (Å²) in [6.45, 7) is 0.495. The van der Waals surface area contributed by atoms with Crippen LogP contribution < -0.4 is 9.47 Å². The highest BCUT2D eigenvalue weighted by Crippen LogP contribution is 2.23. The molecule has 108 valence electrons. The Morgan fingerprint density at radius 1 is 1.14 bits per heavy atom. The first-order valence-electron chi connectivity index (χ1n) is 6.16. The third-order valence-corrected chi connectivity index (χ3v) is 3.62. The van der Waals surface area contributed by atoms with Gasteiger partial charge in [0.1, 0.15) is 5.69 Å². The molecule has 21 heavy (non-hydrogen) atoms. The number of ether oxygens (including phenoxy) is 2. The van der Waals surface area contributed by atoms with Crippen LogP contribution in [-0.2, 0) is 6.54 Å². The Bertz CT molecular complexity index is 726. The maximum atomic E-state index is 5.27. The third-order valence-electron chi connectivity index (χ3n) is 2.85. The highest BCUT2D eigenvalue weighted by molar-refractivity contribution is 7.13. The van der Waals surface area contributed by atoms with E-state index in [9.17, 15) is 0 Å². The first-order chi connectivity index (χ1) is 10.3. The van der Waals surface area contributed by atoms with Gasteiger partial charge in [-0.3, -0.25) is 0 Å². The van der Waals surface area contributed by atoms with E-state index >= 15 is 0 Å². The molecule has 0 saturated carbocycles. The number of hydrogen-bond acceptors (Lipinski definition) is 7. The van der Waals surface area contributed by atoms with E-state index < -0.39 is 0 Å². The summed E-state index contributed by atoms with van der Waals surface area (Å²) >= 11 is 1.54. The fourth-order valence-corrected chi connectivity index (χ4v) is 2.53. The van der Waals surface area contributed by atoms with E-state index in [4.69, 9.17) is 9.47 Å². The number of imidazole rings is 1. The van der Waals surface area contributed by atoms with Gasteiger partial charge in [0.2, 0.25) is 11.8 Å². The fourth-order valence-electron chi connectivity index (χ4n) is 1.88. The van der Waals surface area contributed by atoms with Gasteiger partial charge in [0.15, 0.2) is 10.8 Å². The van der Waals surface area contributed by atoms with Crippen LogP contribution in [0.4, 0.5) is 0 Å². The Morgan fingerprint density at radius 3 is 2.76 bits per heavy atom. The molecule has 0 spiro atoms. The lowest BCUT2D eigenvalue weighted by atomic mass is 10.4. The van der Waals surface area contributed by atoms with Crippen LogP contribution in [0.25, 0.3) is 10.8 Å². The van der Waals surface area contributed by atoms with E-state index in [0.717, 1.165) is 10.8 Å². The van der Waals surface area contributed by atoms with Crippen LogP contribution in [0.15, 0.2) is 30.2 Å². The van der Waals surface area contributed by atoms with Gasteiger partial charge >= 0.3 is 0 Å². The highest BCUT2D eigenvalue weighted by atomic mass is 32.1. The van der Waals surface area contributed by atoms with Crippen molar-refractivity contribution in [1.29, 1.82) is 0 Å². The van der Waals surface area contributed by atoms with Gasteiger partial charge in [-0.25, -0.2) is 15.0 Å². The SMILES string of the molecule is COc1cnc(Cn2ccnc2-c2nccs2)c(OC)n1. The van der Waals surface area contributed by atoms with Crippen molar-refractivity contribution in [3.05, 3.63) is 35.9 Å². The minimum atomic E-state index is 0.418. The predicted octanol–water partition coefficient (Wildman–Crippen LogP) is 1.86. The van der Waals surface area contributed by atoms with Gasteiger partial charge in [-0.05, 0) is 0 Å². The lowest BCUT2D eigenvalue weighted by Gasteiger charge is -2.10. The second-order valence-electron chi connectivity index (χ2n) is 4.08. The van der Waals surface area contributed by atoms with Crippen molar-refractivity contribution in [2.75, 3.05) is 14.2 Å². The molecule has 0 atom stereocenters. The average Bonchev–Trinajstić information content (AvgIpc) is 3.18. The summed E-state index contributed by atoms with van der Waals surface area (Å²) in [5, 5.41) is 2.78. The topological polar surface area (TPSA) is 75.0 Å². The number of aromatic nitrogens is 5. The minimum absolute atomic E-state index is 0.418. The molecule has 3 aromatic rings. The summed E-state index contributed by atoms with van der Waals surface area (Å²) in [5.74, 6) is 1.65. The third kappa shape index (κ3) is 2.70. The Hall–Kier alpha value is -2.48. The molecule has 3 rings (SSSR count). The van der Waals surface area contributed by atoms with E-state index in [0.29, 0.717) is 24.0 Å². The van der Waals surface area contributed by atoms with Crippen LogP contribution in [0.2, 0.25) is 0 Å². The summed E-state index contributed by atoms with van der Waals surface area (Å²) in [6.07, 6.45) is 6.94. The summed E-state index contributed by atoms with van der Waals surface area (Å²) in [6, 6.07) is 0. The molecule has 3 aromatic heterocycles. The molecule has 8 heteroatoms. The minimum Gasteiger partial charge on any atom is -0.480 e. The second-order valence-corrected chi connectivity index (χ2v) is 4.98. The van der Waals surface area contributed by atoms with Crippen molar-refractivity contribution in [2.24, 2.45) is 0 Å². The molecule has 0 saturated heterocycles. The quantitative estimate of drug-likeness (QED) is 0.716. The van der Waals surface area contributed by atoms with E-state index in [1.165, 1.54) is 11.3 Å². The van der Waals surface area contributed by atoms with E-state index in [2.05, 4.69) is 19.9 Å². The van der Waals surface area contributed by atoms with Gasteiger partial charge in [-0.1, -0.05) is 0 Å². The van der Waals surface area contributed by atoms with Crippen molar-refractivity contribution < 1.29 is 9.47 Å². The monoisotopic (exact) mass is 303 g/mol. The molecule has 0 aliphatic rings. The van der Waals surface area contributed by atoms with Crippen LogP contribution in [0.5, 0.6) is 11.8 Å². The second kappa shape index (κ2) is 5.88. The summed E-state index contributed by atoms with van der Waals surface area (Å²) in [4.78, 5) is 17.2. The van der Waals surface area contributed by atoms with Crippen LogP contribution in [0, 0.1) is 0 Å². The molecule has 0 aromatic carbocycles. The molecule has 7 nitrogen and oxygen atoms in total. The molecule has 0 aliphatic heterocycles. The van der Waals surface area contributed by atoms with Crippen LogP contribution in [0.1, 0.15) is 5.69 Å². The normalized spacial score (nSPS) is 10.6. The van der Waals surface area contributed by atoms with Gasteiger partial charge in [-0.2, -0.15) is 4.98 Å².